The van der Waals surface area contributed by atoms with Crippen molar-refractivity contribution in [3.63, 3.8) is 0 Å². The average molecular weight is 465 g/mol. The zero-order valence-corrected chi connectivity index (χ0v) is 18.7. The minimum absolute atomic E-state index is 0.215. The van der Waals surface area contributed by atoms with Crippen LogP contribution in [-0.2, 0) is 22.2 Å². The molecule has 9 nitrogen and oxygen atoms in total. The summed E-state index contributed by atoms with van der Waals surface area (Å²) in [5.41, 5.74) is 5.50. The SMILES string of the molecule is O=[SH](=O)NCc1ccccc1-c1ccc2cnc(Nc3cccc(N4CCOCC4)c3)nn12. The lowest BCUT2D eigenvalue weighted by Gasteiger charge is -2.29. The van der Waals surface area contributed by atoms with Gasteiger partial charge in [0.25, 0.3) is 0 Å². The molecule has 2 aromatic heterocycles. The Hall–Kier alpha value is -3.47. The fourth-order valence-corrected chi connectivity index (χ4v) is 4.27. The Kier molecular flexibility index (Phi) is 6.20. The van der Waals surface area contributed by atoms with Gasteiger partial charge in [-0.3, -0.25) is 0 Å². The Bertz CT molecular complexity index is 1340. The highest BCUT2D eigenvalue weighted by molar-refractivity contribution is 7.70. The van der Waals surface area contributed by atoms with Gasteiger partial charge in [-0.05, 0) is 35.9 Å². The average Bonchev–Trinajstić information content (AvgIpc) is 3.27. The maximum atomic E-state index is 11.0. The van der Waals surface area contributed by atoms with Crippen LogP contribution in [0.1, 0.15) is 5.56 Å². The molecule has 4 aromatic rings. The second kappa shape index (κ2) is 9.57. The van der Waals surface area contributed by atoms with Crippen LogP contribution in [0.5, 0.6) is 0 Å². The third kappa shape index (κ3) is 4.82. The molecule has 0 spiro atoms. The summed E-state index contributed by atoms with van der Waals surface area (Å²) in [6.07, 6.45) is 1.76. The van der Waals surface area contributed by atoms with Crippen molar-refractivity contribution in [1.29, 1.82) is 0 Å². The van der Waals surface area contributed by atoms with Crippen molar-refractivity contribution in [2.75, 3.05) is 36.5 Å². The maximum absolute atomic E-state index is 11.0. The molecule has 2 aromatic carbocycles. The summed E-state index contributed by atoms with van der Waals surface area (Å²) < 4.78 is 31.8. The van der Waals surface area contributed by atoms with Gasteiger partial charge in [0.15, 0.2) is 0 Å². The molecule has 3 heterocycles. The molecule has 0 radical (unpaired) electrons. The van der Waals surface area contributed by atoms with Gasteiger partial charge in [-0.25, -0.2) is 22.6 Å². The van der Waals surface area contributed by atoms with Gasteiger partial charge in [-0.15, -0.1) is 5.10 Å². The van der Waals surface area contributed by atoms with E-state index < -0.39 is 10.9 Å². The van der Waals surface area contributed by atoms with Crippen LogP contribution in [-0.4, -0.2) is 49.3 Å². The summed E-state index contributed by atoms with van der Waals surface area (Å²) in [6.45, 7) is 3.42. The number of anilines is 3. The lowest BCUT2D eigenvalue weighted by Crippen LogP contribution is -2.36. The first-order valence-corrected chi connectivity index (χ1v) is 11.9. The Morgan fingerprint density at radius 2 is 1.85 bits per heavy atom. The molecular weight excluding hydrogens is 440 g/mol. The number of thiol groups is 1. The lowest BCUT2D eigenvalue weighted by atomic mass is 10.1. The monoisotopic (exact) mass is 464 g/mol. The number of morpholine rings is 1. The number of hydrogen-bond donors (Lipinski definition) is 3. The third-order valence-corrected chi connectivity index (χ3v) is 5.99. The number of nitrogens with one attached hydrogen (secondary N) is 2. The van der Waals surface area contributed by atoms with Crippen LogP contribution in [0.15, 0.2) is 66.9 Å². The fraction of sp³-hybridized carbons (Fsp3) is 0.217. The Balaban J connectivity index is 1.44. The molecule has 1 aliphatic rings. The van der Waals surface area contributed by atoms with Crippen LogP contribution in [0, 0.1) is 0 Å². The molecule has 33 heavy (non-hydrogen) atoms. The molecule has 2 N–H and O–H groups in total. The molecule has 1 saturated heterocycles. The molecule has 0 saturated carbocycles. The van der Waals surface area contributed by atoms with E-state index in [0.29, 0.717) is 5.95 Å². The molecule has 1 aliphatic heterocycles. The van der Waals surface area contributed by atoms with E-state index in [1.54, 1.807) is 6.20 Å². The lowest BCUT2D eigenvalue weighted by molar-refractivity contribution is 0.122. The highest BCUT2D eigenvalue weighted by Gasteiger charge is 2.13. The first-order chi connectivity index (χ1) is 16.2. The number of benzene rings is 2. The van der Waals surface area contributed by atoms with Crippen LogP contribution in [0.2, 0.25) is 0 Å². The largest absolute Gasteiger partial charge is 0.378 e. The van der Waals surface area contributed by atoms with Gasteiger partial charge in [-0.2, -0.15) is 0 Å². The topological polar surface area (TPSA) is 101 Å². The molecule has 0 bridgehead atoms. The maximum Gasteiger partial charge on any atom is 0.245 e. The van der Waals surface area contributed by atoms with Crippen LogP contribution in [0.4, 0.5) is 17.3 Å². The molecule has 0 atom stereocenters. The van der Waals surface area contributed by atoms with Gasteiger partial charge < -0.3 is 15.0 Å². The number of hydrogen-bond acceptors (Lipinski definition) is 7. The Labute approximate surface area is 193 Å². The van der Waals surface area contributed by atoms with Gasteiger partial charge in [0.05, 0.1) is 30.6 Å². The van der Waals surface area contributed by atoms with Crippen molar-refractivity contribution in [3.05, 3.63) is 72.4 Å². The second-order valence-corrected chi connectivity index (χ2v) is 8.49. The van der Waals surface area contributed by atoms with E-state index in [-0.39, 0.29) is 6.54 Å². The van der Waals surface area contributed by atoms with E-state index in [0.717, 1.165) is 60.0 Å². The van der Waals surface area contributed by atoms with Crippen molar-refractivity contribution in [2.24, 2.45) is 0 Å². The third-order valence-electron chi connectivity index (χ3n) is 5.57. The smallest absolute Gasteiger partial charge is 0.245 e. The van der Waals surface area contributed by atoms with Gasteiger partial charge in [0.2, 0.25) is 16.8 Å². The zero-order chi connectivity index (χ0) is 22.6. The van der Waals surface area contributed by atoms with Crippen LogP contribution < -0.4 is 14.9 Å². The van der Waals surface area contributed by atoms with E-state index in [9.17, 15) is 8.42 Å². The predicted molar refractivity (Wildman–Crippen MR) is 128 cm³/mol. The highest BCUT2D eigenvalue weighted by atomic mass is 32.2. The Morgan fingerprint density at radius 1 is 1.00 bits per heavy atom. The van der Waals surface area contributed by atoms with E-state index >= 15 is 0 Å². The van der Waals surface area contributed by atoms with Crippen molar-refractivity contribution < 1.29 is 13.2 Å². The zero-order valence-electron chi connectivity index (χ0n) is 17.8. The van der Waals surface area contributed by atoms with E-state index in [2.05, 4.69) is 32.1 Å². The first kappa shape index (κ1) is 21.4. The predicted octanol–water partition coefficient (Wildman–Crippen LogP) is 2.59. The van der Waals surface area contributed by atoms with Crippen molar-refractivity contribution in [1.82, 2.24) is 19.3 Å². The van der Waals surface area contributed by atoms with Crippen LogP contribution >= 0.6 is 0 Å². The molecule has 0 unspecified atom stereocenters. The number of nitrogens with zero attached hydrogens (tertiary/aromatic N) is 4. The minimum atomic E-state index is -2.67. The van der Waals surface area contributed by atoms with Gasteiger partial charge in [0.1, 0.15) is 0 Å². The number of aromatic nitrogens is 3. The van der Waals surface area contributed by atoms with Gasteiger partial charge in [-0.1, -0.05) is 30.3 Å². The van der Waals surface area contributed by atoms with E-state index in [1.165, 1.54) is 0 Å². The molecule has 5 rings (SSSR count). The van der Waals surface area contributed by atoms with Gasteiger partial charge in [0, 0.05) is 36.6 Å². The summed E-state index contributed by atoms with van der Waals surface area (Å²) in [4.78, 5) is 6.76. The summed E-state index contributed by atoms with van der Waals surface area (Å²) in [7, 11) is -2.67. The molecule has 170 valence electrons. The molecule has 1 fully saturated rings. The van der Waals surface area contributed by atoms with Crippen LogP contribution in [0.3, 0.4) is 0 Å². The van der Waals surface area contributed by atoms with Crippen molar-refractivity contribution in [3.8, 4) is 11.3 Å². The minimum Gasteiger partial charge on any atom is -0.378 e. The highest BCUT2D eigenvalue weighted by Crippen LogP contribution is 2.27. The molecular formula is C23H24N6O3S. The standard InChI is InChI=1S/C23H24N6O3S/c30-33(31)25-15-17-4-1-2-7-21(17)22-9-8-20-16-24-23(27-29(20)22)26-18-5-3-6-19(14-18)28-10-12-32-13-11-28/h1-9,14,16,33H,10-13,15H2,(H,26,27)(H,25,30,31). The van der Waals surface area contributed by atoms with Crippen molar-refractivity contribution in [2.45, 2.75) is 6.54 Å². The molecule has 0 amide bonds. The van der Waals surface area contributed by atoms with E-state index in [1.807, 2.05) is 53.0 Å². The molecule has 0 aliphatic carbocycles. The second-order valence-electron chi connectivity index (χ2n) is 7.66. The number of fused-ring (bicyclic) bond motifs is 1. The number of ether oxygens (including phenoxy) is 1. The quantitative estimate of drug-likeness (QED) is 0.362. The normalized spacial score (nSPS) is 14.2. The fourth-order valence-electron chi connectivity index (χ4n) is 3.97. The van der Waals surface area contributed by atoms with Crippen LogP contribution in [0.25, 0.3) is 16.8 Å². The molecule has 10 heteroatoms. The van der Waals surface area contributed by atoms with E-state index in [4.69, 9.17) is 9.84 Å². The summed E-state index contributed by atoms with van der Waals surface area (Å²) in [5, 5.41) is 8.01. The van der Waals surface area contributed by atoms with Crippen molar-refractivity contribution >= 4 is 33.7 Å². The Morgan fingerprint density at radius 3 is 2.70 bits per heavy atom. The summed E-state index contributed by atoms with van der Waals surface area (Å²) in [6, 6.07) is 19.7. The summed E-state index contributed by atoms with van der Waals surface area (Å²) in [5.74, 6) is 0.470. The number of rotatable bonds is 7. The van der Waals surface area contributed by atoms with Gasteiger partial charge >= 0.3 is 0 Å². The summed E-state index contributed by atoms with van der Waals surface area (Å²) >= 11 is 0. The first-order valence-electron chi connectivity index (χ1n) is 10.7.